The third-order valence-electron chi connectivity index (χ3n) is 6.50. The van der Waals surface area contributed by atoms with E-state index in [0.29, 0.717) is 18.3 Å². The minimum absolute atomic E-state index is 0.0644. The molecule has 156 valence electrons. The maximum atomic E-state index is 13.5. The summed E-state index contributed by atoms with van der Waals surface area (Å²) in [7, 11) is 1.69. The largest absolute Gasteiger partial charge is 0.424 e. The van der Waals surface area contributed by atoms with Gasteiger partial charge in [-0.05, 0) is 37.1 Å². The van der Waals surface area contributed by atoms with E-state index in [2.05, 4.69) is 10.2 Å². The molecule has 8 nitrogen and oxygen atoms in total. The molecule has 4 atom stereocenters. The monoisotopic (exact) mass is 408 g/mol. The highest BCUT2D eigenvalue weighted by atomic mass is 16.5. The Morgan fingerprint density at radius 3 is 2.77 bits per heavy atom. The van der Waals surface area contributed by atoms with Crippen LogP contribution in [-0.2, 0) is 20.9 Å². The summed E-state index contributed by atoms with van der Waals surface area (Å²) >= 11 is 0. The van der Waals surface area contributed by atoms with Gasteiger partial charge in [0.1, 0.15) is 5.60 Å². The van der Waals surface area contributed by atoms with Gasteiger partial charge in [0.05, 0.1) is 31.0 Å². The van der Waals surface area contributed by atoms with Crippen molar-refractivity contribution >= 4 is 17.5 Å². The summed E-state index contributed by atoms with van der Waals surface area (Å²) in [5, 5.41) is 7.76. The zero-order valence-electron chi connectivity index (χ0n) is 17.5. The molecule has 0 radical (unpaired) electrons. The number of aryl methyl sites for hydroxylation is 3. The summed E-state index contributed by atoms with van der Waals surface area (Å²) < 4.78 is 11.6. The van der Waals surface area contributed by atoms with Crippen LogP contribution in [0, 0.1) is 32.6 Å². The molecule has 3 aliphatic rings. The Hall–Kier alpha value is -3.00. The van der Waals surface area contributed by atoms with Gasteiger partial charge >= 0.3 is 0 Å². The quantitative estimate of drug-likeness (QED) is 0.719. The molecule has 5 rings (SSSR count). The molecular weight excluding hydrogens is 384 g/mol. The van der Waals surface area contributed by atoms with Gasteiger partial charge in [0.2, 0.25) is 23.6 Å². The number of carbonyl (C=O) groups is 2. The molecule has 0 N–H and O–H groups in total. The topological polar surface area (TPSA) is 88.8 Å². The summed E-state index contributed by atoms with van der Waals surface area (Å²) in [5.41, 5.74) is 2.39. The molecule has 1 aromatic heterocycles. The van der Waals surface area contributed by atoms with Crippen LogP contribution in [0.4, 0.5) is 5.69 Å². The number of rotatable bonds is 4. The van der Waals surface area contributed by atoms with Crippen LogP contribution in [0.5, 0.6) is 0 Å². The number of aromatic nitrogens is 2. The van der Waals surface area contributed by atoms with Crippen molar-refractivity contribution in [1.82, 2.24) is 15.1 Å². The molecule has 0 unspecified atom stereocenters. The van der Waals surface area contributed by atoms with Crippen molar-refractivity contribution in [2.75, 3.05) is 18.5 Å². The van der Waals surface area contributed by atoms with Gasteiger partial charge in [-0.15, -0.1) is 10.2 Å². The predicted molar refractivity (Wildman–Crippen MR) is 108 cm³/mol. The summed E-state index contributed by atoms with van der Waals surface area (Å²) in [5.74, 6) is -0.493. The highest BCUT2D eigenvalue weighted by molar-refractivity contribution is 6.03. The van der Waals surface area contributed by atoms with Crippen LogP contribution in [0.15, 0.2) is 34.8 Å². The lowest BCUT2D eigenvalue weighted by Crippen LogP contribution is -2.44. The Labute approximate surface area is 174 Å². The molecule has 2 amide bonds. The van der Waals surface area contributed by atoms with Gasteiger partial charge in [0, 0.05) is 19.7 Å². The Bertz CT molecular complexity index is 1080. The maximum absolute atomic E-state index is 13.5. The first-order valence-corrected chi connectivity index (χ1v) is 10.1. The van der Waals surface area contributed by atoms with Crippen molar-refractivity contribution in [2.45, 2.75) is 39.0 Å². The molecule has 0 saturated carbocycles. The van der Waals surface area contributed by atoms with E-state index in [1.165, 1.54) is 10.5 Å². The van der Waals surface area contributed by atoms with Crippen LogP contribution < -0.4 is 4.90 Å². The number of carbonyl (C=O) groups excluding carboxylic acids is 2. The Balaban J connectivity index is 1.42. The third kappa shape index (κ3) is 2.70. The van der Waals surface area contributed by atoms with Gasteiger partial charge in [0.15, 0.2) is 0 Å². The fourth-order valence-corrected chi connectivity index (χ4v) is 4.83. The van der Waals surface area contributed by atoms with E-state index < -0.39 is 17.4 Å². The van der Waals surface area contributed by atoms with Crippen molar-refractivity contribution in [2.24, 2.45) is 11.8 Å². The molecule has 0 aliphatic carbocycles. The van der Waals surface area contributed by atoms with Gasteiger partial charge in [-0.1, -0.05) is 18.2 Å². The van der Waals surface area contributed by atoms with E-state index in [1.807, 2.05) is 44.2 Å². The number of ether oxygens (including phenoxy) is 1. The molecule has 4 heterocycles. The summed E-state index contributed by atoms with van der Waals surface area (Å²) in [6.07, 6.45) is 3.49. The predicted octanol–water partition coefficient (Wildman–Crippen LogP) is 1.94. The number of hydrogen-bond acceptors (Lipinski definition) is 6. The van der Waals surface area contributed by atoms with E-state index in [9.17, 15) is 9.59 Å². The molecule has 2 bridgehead atoms. The average molecular weight is 408 g/mol. The first-order valence-electron chi connectivity index (χ1n) is 10.1. The Kier molecular flexibility index (Phi) is 4.12. The Morgan fingerprint density at radius 2 is 2.07 bits per heavy atom. The van der Waals surface area contributed by atoms with Crippen molar-refractivity contribution in [3.63, 3.8) is 0 Å². The second-order valence-electron chi connectivity index (χ2n) is 8.50. The van der Waals surface area contributed by atoms with Gasteiger partial charge in [-0.3, -0.25) is 9.59 Å². The highest BCUT2D eigenvalue weighted by Crippen LogP contribution is 2.53. The number of fused-ring (bicyclic) bond motifs is 1. The summed E-state index contributed by atoms with van der Waals surface area (Å²) in [6.45, 7) is 6.39. The molecule has 3 aliphatic heterocycles. The van der Waals surface area contributed by atoms with E-state index >= 15 is 0 Å². The van der Waals surface area contributed by atoms with Gasteiger partial charge in [-0.2, -0.15) is 0 Å². The molecule has 8 heteroatoms. The SMILES string of the molecule is Cc1nnc(CN(C)C(=O)[C@@H]2[C@@H]3C=C[C@@]4(CN(c5ccc(C)c(C)c5)C(=O)[C@H]24)O3)o1. The zero-order valence-corrected chi connectivity index (χ0v) is 17.5. The normalized spacial score (nSPS) is 29.0. The fourth-order valence-electron chi connectivity index (χ4n) is 4.83. The van der Waals surface area contributed by atoms with Crippen LogP contribution in [0.3, 0.4) is 0 Å². The summed E-state index contributed by atoms with van der Waals surface area (Å²) in [4.78, 5) is 30.1. The molecule has 2 aromatic rings. The van der Waals surface area contributed by atoms with E-state index in [-0.39, 0.29) is 24.5 Å². The first kappa shape index (κ1) is 19.0. The molecule has 1 spiro atoms. The van der Waals surface area contributed by atoms with Crippen molar-refractivity contribution < 1.29 is 18.7 Å². The van der Waals surface area contributed by atoms with Crippen molar-refractivity contribution in [1.29, 1.82) is 0 Å². The lowest BCUT2D eigenvalue weighted by molar-refractivity contribution is -0.139. The number of amides is 2. The van der Waals surface area contributed by atoms with Crippen molar-refractivity contribution in [3.8, 4) is 0 Å². The highest BCUT2D eigenvalue weighted by Gasteiger charge is 2.67. The lowest BCUT2D eigenvalue weighted by Gasteiger charge is -2.27. The van der Waals surface area contributed by atoms with Crippen LogP contribution in [0.25, 0.3) is 0 Å². The second kappa shape index (κ2) is 6.50. The summed E-state index contributed by atoms with van der Waals surface area (Å²) in [6, 6.07) is 5.98. The number of nitrogens with zero attached hydrogens (tertiary/aromatic N) is 4. The van der Waals surface area contributed by atoms with Crippen LogP contribution in [0.2, 0.25) is 0 Å². The zero-order chi connectivity index (χ0) is 21.2. The number of benzene rings is 1. The average Bonchev–Trinajstić information content (AvgIpc) is 3.45. The second-order valence-corrected chi connectivity index (χ2v) is 8.50. The van der Waals surface area contributed by atoms with Crippen molar-refractivity contribution in [3.05, 3.63) is 53.3 Å². The van der Waals surface area contributed by atoms with Crippen LogP contribution in [-0.4, -0.2) is 52.2 Å². The molecule has 1 aromatic carbocycles. The van der Waals surface area contributed by atoms with Gasteiger partial charge < -0.3 is 19.0 Å². The number of anilines is 1. The van der Waals surface area contributed by atoms with E-state index in [0.717, 1.165) is 11.3 Å². The first-order chi connectivity index (χ1) is 14.3. The molecule has 2 saturated heterocycles. The van der Waals surface area contributed by atoms with Gasteiger partial charge in [-0.25, -0.2) is 0 Å². The third-order valence-corrected chi connectivity index (χ3v) is 6.50. The molecule has 30 heavy (non-hydrogen) atoms. The standard InChI is InChI=1S/C22H24N4O4/c1-12-5-6-15(9-13(12)2)26-11-22-8-7-16(30-22)18(19(22)21(26)28)20(27)25(4)10-17-24-23-14(3)29-17/h5-9,16,18-19H,10-11H2,1-4H3/t16-,18+,19-,22-/m0/s1. The number of hydrogen-bond donors (Lipinski definition) is 0. The minimum Gasteiger partial charge on any atom is -0.424 e. The lowest BCUT2D eigenvalue weighted by atomic mass is 9.76. The fraction of sp³-hybridized carbons (Fsp3) is 0.455. The van der Waals surface area contributed by atoms with E-state index in [4.69, 9.17) is 9.15 Å². The maximum Gasteiger partial charge on any atom is 0.235 e. The van der Waals surface area contributed by atoms with Crippen LogP contribution in [0.1, 0.15) is 22.9 Å². The molecular formula is C22H24N4O4. The Morgan fingerprint density at radius 1 is 1.27 bits per heavy atom. The van der Waals surface area contributed by atoms with Crippen LogP contribution >= 0.6 is 0 Å². The minimum atomic E-state index is -0.747. The van der Waals surface area contributed by atoms with E-state index in [1.54, 1.807) is 18.9 Å². The smallest absolute Gasteiger partial charge is 0.235 e. The van der Waals surface area contributed by atoms with Gasteiger partial charge in [0.25, 0.3) is 0 Å². The molecule has 2 fully saturated rings.